The summed E-state index contributed by atoms with van der Waals surface area (Å²) >= 11 is 3.36. The van der Waals surface area contributed by atoms with Crippen molar-refractivity contribution in [2.24, 2.45) is 7.05 Å². The summed E-state index contributed by atoms with van der Waals surface area (Å²) in [6, 6.07) is 13.9. The summed E-state index contributed by atoms with van der Waals surface area (Å²) < 4.78 is 1.92. The molecule has 0 fully saturated rings. The number of thioether (sulfide) groups is 2. The van der Waals surface area contributed by atoms with Gasteiger partial charge in [-0.15, -0.1) is 23.5 Å². The second-order valence-corrected chi connectivity index (χ2v) is 6.63. The van der Waals surface area contributed by atoms with Gasteiger partial charge in [0.1, 0.15) is 10.8 Å². The number of aryl methyl sites for hydroxylation is 1. The van der Waals surface area contributed by atoms with Gasteiger partial charge in [-0.1, -0.05) is 24.3 Å². The van der Waals surface area contributed by atoms with E-state index in [1.54, 1.807) is 23.5 Å². The topological polar surface area (TPSA) is 38.0 Å². The maximum absolute atomic E-state index is 10.1. The van der Waals surface area contributed by atoms with E-state index in [0.29, 0.717) is 5.75 Å². The van der Waals surface area contributed by atoms with Crippen molar-refractivity contribution in [3.63, 3.8) is 0 Å². The molecule has 0 unspecified atom stereocenters. The number of hydrogen-bond acceptors (Lipinski definition) is 4. The van der Waals surface area contributed by atoms with Crippen molar-refractivity contribution >= 4 is 34.3 Å². The van der Waals surface area contributed by atoms with Crippen LogP contribution >= 0.6 is 23.5 Å². The van der Waals surface area contributed by atoms with E-state index in [0.717, 1.165) is 26.4 Å². The van der Waals surface area contributed by atoms with Crippen molar-refractivity contribution in [2.45, 2.75) is 15.7 Å². The van der Waals surface area contributed by atoms with Gasteiger partial charge in [0.25, 0.3) is 0 Å². The number of phenolic OH excluding ortho intramolecular Hbond substituents is 1. The number of phenols is 1. The summed E-state index contributed by atoms with van der Waals surface area (Å²) in [5.74, 6) is 1.17. The van der Waals surface area contributed by atoms with Gasteiger partial charge < -0.3 is 7.96 Å². The van der Waals surface area contributed by atoms with Crippen molar-refractivity contribution in [2.75, 3.05) is 6.26 Å². The normalized spacial score (nSPS) is 10.2. The van der Waals surface area contributed by atoms with Crippen LogP contribution in [0.5, 0.6) is 5.75 Å². The molecule has 0 radical (unpaired) electrons. The van der Waals surface area contributed by atoms with Gasteiger partial charge in [0.15, 0.2) is 0 Å². The Kier molecular flexibility index (Phi) is 9.12. The maximum atomic E-state index is 10.1. The smallest absolute Gasteiger partial charge is 1.00 e. The van der Waals surface area contributed by atoms with E-state index in [4.69, 9.17) is 0 Å². The zero-order valence-corrected chi connectivity index (χ0v) is 19.5. The van der Waals surface area contributed by atoms with Crippen LogP contribution < -0.4 is 59.1 Å². The van der Waals surface area contributed by atoms with E-state index in [1.807, 2.05) is 48.3 Å². The van der Waals surface area contributed by atoms with Crippen molar-refractivity contribution in [1.82, 2.24) is 9.78 Å². The molecule has 0 bridgehead atoms. The van der Waals surface area contributed by atoms with Crippen molar-refractivity contribution in [3.05, 3.63) is 48.2 Å². The van der Waals surface area contributed by atoms with E-state index in [9.17, 15) is 5.11 Å². The fourth-order valence-electron chi connectivity index (χ4n) is 2.22. The van der Waals surface area contributed by atoms with Gasteiger partial charge in [-0.25, -0.2) is 0 Å². The molecule has 1 heterocycles. The first-order valence-electron chi connectivity index (χ1n) is 6.59. The van der Waals surface area contributed by atoms with Crippen LogP contribution in [0.2, 0.25) is 0 Å². The number of hydrogen-bond donors (Lipinski definition) is 1. The first-order valence-corrected chi connectivity index (χ1v) is 8.80. The van der Waals surface area contributed by atoms with Crippen LogP contribution in [0, 0.1) is 0 Å². The Hall–Kier alpha value is 0.410. The third-order valence-corrected chi connectivity index (χ3v) is 4.99. The third-order valence-electron chi connectivity index (χ3n) is 3.36. The fraction of sp³-hybridized carbons (Fsp3) is 0.188. The molecular formula is C16H18N2Na2OS2. The Bertz CT molecular complexity index is 803. The van der Waals surface area contributed by atoms with Crippen LogP contribution in [0.15, 0.2) is 52.4 Å². The number of nitrogens with zero attached hydrogens (tertiary/aromatic N) is 2. The maximum Gasteiger partial charge on any atom is 1.00 e. The first-order chi connectivity index (χ1) is 10.2. The molecule has 0 aliphatic heterocycles. The summed E-state index contributed by atoms with van der Waals surface area (Å²) in [5, 5.41) is 17.5. The Morgan fingerprint density at radius 2 is 1.91 bits per heavy atom. The van der Waals surface area contributed by atoms with Gasteiger partial charge in [-0.05, 0) is 29.8 Å². The molecule has 112 valence electrons. The summed E-state index contributed by atoms with van der Waals surface area (Å²) in [7, 11) is 1.97. The monoisotopic (exact) mass is 364 g/mol. The molecule has 3 nitrogen and oxygen atoms in total. The van der Waals surface area contributed by atoms with Crippen LogP contribution in [0.4, 0.5) is 0 Å². The van der Waals surface area contributed by atoms with E-state index in [1.165, 1.54) is 5.69 Å². The molecule has 0 amide bonds. The molecule has 7 heteroatoms. The Morgan fingerprint density at radius 3 is 2.61 bits per heavy atom. The molecular weight excluding hydrogens is 346 g/mol. The number of benzene rings is 2. The van der Waals surface area contributed by atoms with Crippen molar-refractivity contribution in [1.29, 1.82) is 0 Å². The quantitative estimate of drug-likeness (QED) is 0.453. The Labute approximate surface area is 192 Å². The molecule has 3 rings (SSSR count). The minimum atomic E-state index is 0. The standard InChI is InChI=1S/C16H16N2OS2.2Na.2H/c1-18-12(8-16(17-18)20-2)10-21-13-7-11-5-3-4-6-14(11)15(19)9-13;;;;/h3-9,19H,10H2,1-2H3;;;;/q;2*+1;2*-1. The predicted octanol–water partition coefficient (Wildman–Crippen LogP) is -1.47. The fourth-order valence-corrected chi connectivity index (χ4v) is 3.66. The molecule has 1 N–H and O–H groups in total. The van der Waals surface area contributed by atoms with E-state index >= 15 is 0 Å². The first kappa shape index (κ1) is 21.5. The van der Waals surface area contributed by atoms with Crippen molar-refractivity contribution < 1.29 is 67.1 Å². The Morgan fingerprint density at radius 1 is 1.17 bits per heavy atom. The summed E-state index contributed by atoms with van der Waals surface area (Å²) in [4.78, 5) is 1.07. The third kappa shape index (κ3) is 5.19. The second kappa shape index (κ2) is 9.78. The number of rotatable bonds is 4. The Balaban J connectivity index is 0. The van der Waals surface area contributed by atoms with E-state index in [2.05, 4.69) is 17.2 Å². The summed E-state index contributed by atoms with van der Waals surface area (Å²) in [6.45, 7) is 0. The van der Waals surface area contributed by atoms with Gasteiger partial charge in [-0.3, -0.25) is 4.68 Å². The van der Waals surface area contributed by atoms with Gasteiger partial charge in [0.2, 0.25) is 0 Å². The molecule has 1 aromatic heterocycles. The van der Waals surface area contributed by atoms with Gasteiger partial charge in [0.05, 0.1) is 0 Å². The molecule has 0 aliphatic rings. The van der Waals surface area contributed by atoms with E-state index in [-0.39, 0.29) is 62.0 Å². The number of fused-ring (bicyclic) bond motifs is 1. The van der Waals surface area contributed by atoms with Crippen LogP contribution in [0.3, 0.4) is 0 Å². The van der Waals surface area contributed by atoms with Crippen LogP contribution in [-0.2, 0) is 12.8 Å². The minimum absolute atomic E-state index is 0. The average molecular weight is 364 g/mol. The molecule has 23 heavy (non-hydrogen) atoms. The zero-order chi connectivity index (χ0) is 14.8. The van der Waals surface area contributed by atoms with E-state index < -0.39 is 0 Å². The zero-order valence-electron chi connectivity index (χ0n) is 15.9. The predicted molar refractivity (Wildman–Crippen MR) is 92.4 cm³/mol. The van der Waals surface area contributed by atoms with Crippen LogP contribution in [-0.4, -0.2) is 21.1 Å². The molecule has 0 saturated carbocycles. The van der Waals surface area contributed by atoms with Gasteiger partial charge >= 0.3 is 59.1 Å². The average Bonchev–Trinajstić information content (AvgIpc) is 2.86. The minimum Gasteiger partial charge on any atom is -1.00 e. The van der Waals surface area contributed by atoms with Gasteiger partial charge in [0, 0.05) is 28.8 Å². The molecule has 2 aromatic carbocycles. The SMILES string of the molecule is CSc1cc(CSc2cc(O)c3ccccc3c2)n(C)n1.[H-].[H-].[Na+].[Na+]. The molecule has 0 saturated heterocycles. The summed E-state index contributed by atoms with van der Waals surface area (Å²) in [5.41, 5.74) is 1.18. The molecule has 0 spiro atoms. The molecule has 3 aromatic rings. The largest absolute Gasteiger partial charge is 1.00 e. The number of aromatic hydroxyl groups is 1. The second-order valence-electron chi connectivity index (χ2n) is 4.75. The summed E-state index contributed by atoms with van der Waals surface area (Å²) in [6.07, 6.45) is 2.03. The number of aromatic nitrogens is 2. The molecule has 0 atom stereocenters. The van der Waals surface area contributed by atoms with Crippen molar-refractivity contribution in [3.8, 4) is 5.75 Å². The van der Waals surface area contributed by atoms with Crippen LogP contribution in [0.25, 0.3) is 10.8 Å². The van der Waals surface area contributed by atoms with Gasteiger partial charge in [-0.2, -0.15) is 5.10 Å². The molecule has 0 aliphatic carbocycles. The van der Waals surface area contributed by atoms with Crippen LogP contribution in [0.1, 0.15) is 8.55 Å².